The first kappa shape index (κ1) is 20.2. The summed E-state index contributed by atoms with van der Waals surface area (Å²) in [6.07, 6.45) is 1.49. The Morgan fingerprint density at radius 2 is 1.97 bits per heavy atom. The van der Waals surface area contributed by atoms with Gasteiger partial charge >= 0.3 is 0 Å². The number of hydrogen-bond acceptors (Lipinski definition) is 7. The van der Waals surface area contributed by atoms with Crippen molar-refractivity contribution in [3.8, 4) is 11.5 Å². The normalized spacial score (nSPS) is 13.2. The summed E-state index contributed by atoms with van der Waals surface area (Å²) in [6.45, 7) is 3.37. The third kappa shape index (κ3) is 3.59. The molecular formula is C20H21N3O6S. The number of hydrogen-bond donors (Lipinski definition) is 0. The van der Waals surface area contributed by atoms with Crippen molar-refractivity contribution in [2.24, 2.45) is 0 Å². The number of furan rings is 1. The fourth-order valence-electron chi connectivity index (χ4n) is 3.37. The number of benzene rings is 1. The molecule has 0 fully saturated rings. The lowest BCUT2D eigenvalue weighted by molar-refractivity contribution is 0.0966. The number of aryl methyl sites for hydroxylation is 1. The van der Waals surface area contributed by atoms with Crippen LogP contribution in [0.3, 0.4) is 0 Å². The Hall–Kier alpha value is -3.11. The summed E-state index contributed by atoms with van der Waals surface area (Å²) < 4.78 is 44.7. The van der Waals surface area contributed by atoms with E-state index in [9.17, 15) is 13.2 Å². The van der Waals surface area contributed by atoms with Crippen LogP contribution in [0, 0.1) is 13.8 Å². The highest BCUT2D eigenvalue weighted by molar-refractivity contribution is 7.89. The molecule has 3 heterocycles. The van der Waals surface area contributed by atoms with Crippen LogP contribution < -0.4 is 9.47 Å². The summed E-state index contributed by atoms with van der Waals surface area (Å²) >= 11 is 0. The molecule has 158 valence electrons. The van der Waals surface area contributed by atoms with E-state index >= 15 is 0 Å². The molecule has 0 saturated carbocycles. The Bertz CT molecular complexity index is 1200. The second-order valence-electron chi connectivity index (χ2n) is 6.99. The quantitative estimate of drug-likeness (QED) is 0.530. The van der Waals surface area contributed by atoms with Gasteiger partial charge in [0.05, 0.1) is 24.2 Å². The molecule has 4 rings (SSSR count). The molecular weight excluding hydrogens is 410 g/mol. The van der Waals surface area contributed by atoms with Crippen molar-refractivity contribution in [3.63, 3.8) is 0 Å². The average Bonchev–Trinajstić information content (AvgIpc) is 3.42. The Morgan fingerprint density at radius 1 is 1.20 bits per heavy atom. The first-order valence-electron chi connectivity index (χ1n) is 9.23. The monoisotopic (exact) mass is 431 g/mol. The number of Topliss-reactive ketones (excluding diaryl/α,β-unsaturated/α-hetero) is 1. The number of carbonyl (C=O) groups excluding carboxylic acids is 1. The molecule has 10 heteroatoms. The maximum absolute atomic E-state index is 13.1. The minimum absolute atomic E-state index is 0.0926. The van der Waals surface area contributed by atoms with Crippen LogP contribution >= 0.6 is 0 Å². The zero-order valence-electron chi connectivity index (χ0n) is 16.8. The third-order valence-electron chi connectivity index (χ3n) is 4.93. The highest BCUT2D eigenvalue weighted by Gasteiger charge is 2.30. The summed E-state index contributed by atoms with van der Waals surface area (Å²) in [6, 6.07) is 8.35. The van der Waals surface area contributed by atoms with E-state index in [1.807, 2.05) is 0 Å². The molecule has 0 bridgehead atoms. The highest BCUT2D eigenvalue weighted by atomic mass is 32.2. The van der Waals surface area contributed by atoms with Gasteiger partial charge in [-0.2, -0.15) is 9.40 Å². The zero-order valence-corrected chi connectivity index (χ0v) is 17.6. The minimum atomic E-state index is -3.82. The van der Waals surface area contributed by atoms with Gasteiger partial charge in [-0.1, -0.05) is 0 Å². The van der Waals surface area contributed by atoms with Crippen molar-refractivity contribution in [2.45, 2.75) is 31.8 Å². The van der Waals surface area contributed by atoms with Gasteiger partial charge in [0.25, 0.3) is 0 Å². The maximum Gasteiger partial charge on any atom is 0.246 e. The van der Waals surface area contributed by atoms with Crippen LogP contribution in [0.5, 0.6) is 11.5 Å². The van der Waals surface area contributed by atoms with Gasteiger partial charge in [0.1, 0.15) is 17.2 Å². The largest absolute Gasteiger partial charge is 0.468 e. The Balaban J connectivity index is 1.58. The van der Waals surface area contributed by atoms with E-state index in [4.69, 9.17) is 13.9 Å². The second kappa shape index (κ2) is 7.62. The predicted octanol–water partition coefficient (Wildman–Crippen LogP) is 2.53. The molecule has 3 aromatic rings. The third-order valence-corrected chi connectivity index (χ3v) is 6.99. The molecule has 1 aliphatic heterocycles. The molecule has 9 nitrogen and oxygen atoms in total. The average molecular weight is 431 g/mol. The fraction of sp³-hybridized carbons (Fsp3) is 0.300. The summed E-state index contributed by atoms with van der Waals surface area (Å²) in [7, 11) is -2.34. The fourth-order valence-corrected chi connectivity index (χ4v) is 4.87. The molecule has 0 atom stereocenters. The van der Waals surface area contributed by atoms with Gasteiger partial charge in [0.15, 0.2) is 17.3 Å². The summed E-state index contributed by atoms with van der Waals surface area (Å²) in [5, 5.41) is 4.30. The van der Waals surface area contributed by atoms with Crippen molar-refractivity contribution >= 4 is 15.8 Å². The molecule has 0 N–H and O–H groups in total. The topological polar surface area (TPSA) is 104 Å². The van der Waals surface area contributed by atoms with Crippen molar-refractivity contribution < 1.29 is 27.1 Å². The molecule has 0 amide bonds. The number of ketones is 1. The first-order chi connectivity index (χ1) is 14.3. The lowest BCUT2D eigenvalue weighted by atomic mass is 10.1. The number of sulfonamides is 1. The second-order valence-corrected chi connectivity index (χ2v) is 8.97. The van der Waals surface area contributed by atoms with E-state index in [0.717, 1.165) is 0 Å². The number of aromatic nitrogens is 2. The Kier molecular flexibility index (Phi) is 5.12. The van der Waals surface area contributed by atoms with E-state index < -0.39 is 10.0 Å². The van der Waals surface area contributed by atoms with Crippen LogP contribution in [0.4, 0.5) is 0 Å². The van der Waals surface area contributed by atoms with Crippen molar-refractivity contribution in [3.05, 3.63) is 59.3 Å². The van der Waals surface area contributed by atoms with E-state index in [-0.39, 0.29) is 30.6 Å². The number of ether oxygens (including phenoxy) is 2. The highest BCUT2D eigenvalue weighted by Crippen LogP contribution is 2.33. The Morgan fingerprint density at radius 3 is 2.70 bits per heavy atom. The number of rotatable bonds is 7. The minimum Gasteiger partial charge on any atom is -0.468 e. The molecule has 30 heavy (non-hydrogen) atoms. The summed E-state index contributed by atoms with van der Waals surface area (Å²) in [5.41, 5.74) is 1.16. The molecule has 1 aromatic carbocycles. The van der Waals surface area contributed by atoms with E-state index in [2.05, 4.69) is 5.10 Å². The predicted molar refractivity (Wildman–Crippen MR) is 106 cm³/mol. The van der Waals surface area contributed by atoms with E-state index in [0.29, 0.717) is 34.2 Å². The first-order valence-corrected chi connectivity index (χ1v) is 10.7. The van der Waals surface area contributed by atoms with Crippen LogP contribution in [-0.2, 0) is 23.1 Å². The van der Waals surface area contributed by atoms with E-state index in [1.54, 1.807) is 44.2 Å². The maximum atomic E-state index is 13.1. The molecule has 1 aliphatic rings. The van der Waals surface area contributed by atoms with Gasteiger partial charge in [-0.3, -0.25) is 9.48 Å². The molecule has 0 aliphatic carbocycles. The van der Waals surface area contributed by atoms with Crippen LogP contribution in [-0.4, -0.2) is 42.1 Å². The number of carbonyl (C=O) groups is 1. The van der Waals surface area contributed by atoms with Gasteiger partial charge in [-0.25, -0.2) is 8.42 Å². The summed E-state index contributed by atoms with van der Waals surface area (Å²) in [4.78, 5) is 12.8. The van der Waals surface area contributed by atoms with Crippen LogP contribution in [0.1, 0.15) is 27.5 Å². The molecule has 0 unspecified atom stereocenters. The zero-order chi connectivity index (χ0) is 21.5. The van der Waals surface area contributed by atoms with Crippen LogP contribution in [0.15, 0.2) is 45.9 Å². The smallest absolute Gasteiger partial charge is 0.246 e. The number of fused-ring (bicyclic) bond motifs is 1. The Labute approximate surface area is 173 Å². The molecule has 0 radical (unpaired) electrons. The lowest BCUT2D eigenvalue weighted by Gasteiger charge is -2.16. The van der Waals surface area contributed by atoms with E-state index in [1.165, 1.54) is 22.3 Å². The van der Waals surface area contributed by atoms with Crippen molar-refractivity contribution in [1.29, 1.82) is 0 Å². The van der Waals surface area contributed by atoms with Gasteiger partial charge in [0, 0.05) is 12.6 Å². The van der Waals surface area contributed by atoms with Gasteiger partial charge < -0.3 is 13.9 Å². The lowest BCUT2D eigenvalue weighted by Crippen LogP contribution is -2.27. The summed E-state index contributed by atoms with van der Waals surface area (Å²) in [5.74, 6) is 1.41. The van der Waals surface area contributed by atoms with Gasteiger partial charge in [-0.05, 0) is 44.2 Å². The molecule has 0 saturated heterocycles. The molecule has 2 aromatic heterocycles. The molecule has 0 spiro atoms. The van der Waals surface area contributed by atoms with Crippen LogP contribution in [0.25, 0.3) is 0 Å². The van der Waals surface area contributed by atoms with Crippen molar-refractivity contribution in [2.75, 3.05) is 13.8 Å². The standard InChI is InChI=1S/C20H21N3O6S/c1-13-20(30(25,26)22(3)10-16-5-4-8-27-16)14(2)23(21-13)11-17(24)15-6-7-18-19(9-15)29-12-28-18/h4-9H,10-12H2,1-3H3. The van der Waals surface area contributed by atoms with Crippen molar-refractivity contribution in [1.82, 2.24) is 14.1 Å². The van der Waals surface area contributed by atoms with Gasteiger partial charge in [-0.15, -0.1) is 0 Å². The van der Waals surface area contributed by atoms with Crippen LogP contribution in [0.2, 0.25) is 0 Å². The van der Waals surface area contributed by atoms with Gasteiger partial charge in [0.2, 0.25) is 16.8 Å². The SMILES string of the molecule is Cc1nn(CC(=O)c2ccc3c(c2)OCO3)c(C)c1S(=O)(=O)N(C)Cc1ccco1. The number of nitrogens with zero attached hydrogens (tertiary/aromatic N) is 3.